The van der Waals surface area contributed by atoms with Crippen molar-refractivity contribution in [3.05, 3.63) is 89.0 Å². The number of halogens is 5. The first-order chi connectivity index (χ1) is 21.3. The van der Waals surface area contributed by atoms with Crippen LogP contribution in [0.1, 0.15) is 56.7 Å². The molecular formula is C30H23F5N4O6. The fourth-order valence-electron chi connectivity index (χ4n) is 5.25. The average molecular weight is 631 g/mol. The summed E-state index contributed by atoms with van der Waals surface area (Å²) in [5.74, 6) is -1.47. The van der Waals surface area contributed by atoms with E-state index in [1.54, 1.807) is 0 Å². The van der Waals surface area contributed by atoms with Crippen molar-refractivity contribution >= 4 is 17.6 Å². The van der Waals surface area contributed by atoms with Crippen LogP contribution in [0.25, 0.3) is 5.69 Å². The first kappa shape index (κ1) is 29.8. The lowest BCUT2D eigenvalue weighted by Crippen LogP contribution is -2.26. The number of amides is 1. The van der Waals surface area contributed by atoms with Gasteiger partial charge in [-0.3, -0.25) is 4.79 Å². The summed E-state index contributed by atoms with van der Waals surface area (Å²) in [6, 6.07) is 12.5. The molecule has 2 aromatic heterocycles. The van der Waals surface area contributed by atoms with E-state index in [9.17, 15) is 31.5 Å². The van der Waals surface area contributed by atoms with Gasteiger partial charge in [0.25, 0.3) is 5.91 Å². The summed E-state index contributed by atoms with van der Waals surface area (Å²) < 4.78 is 90.1. The fourth-order valence-corrected chi connectivity index (χ4v) is 5.25. The zero-order chi connectivity index (χ0) is 32.1. The fraction of sp³-hybridized carbons (Fsp3) is 0.267. The molecule has 1 aliphatic carbocycles. The number of fused-ring (bicyclic) bond motifs is 2. The van der Waals surface area contributed by atoms with E-state index in [0.29, 0.717) is 12.8 Å². The van der Waals surface area contributed by atoms with Gasteiger partial charge < -0.3 is 23.8 Å². The van der Waals surface area contributed by atoms with Gasteiger partial charge in [-0.2, -0.15) is 18.3 Å². The van der Waals surface area contributed by atoms with E-state index in [4.69, 9.17) is 4.74 Å². The molecule has 0 unspecified atom stereocenters. The van der Waals surface area contributed by atoms with Crippen LogP contribution in [0.5, 0.6) is 17.2 Å². The van der Waals surface area contributed by atoms with E-state index in [1.807, 2.05) is 0 Å². The first-order valence-corrected chi connectivity index (χ1v) is 13.5. The zero-order valence-corrected chi connectivity index (χ0v) is 23.6. The van der Waals surface area contributed by atoms with E-state index in [-0.39, 0.29) is 57.6 Å². The number of benzene rings is 2. The molecule has 4 aromatic rings. The van der Waals surface area contributed by atoms with Gasteiger partial charge in [-0.1, -0.05) is 6.07 Å². The third-order valence-corrected chi connectivity index (χ3v) is 7.31. The third-order valence-electron chi connectivity index (χ3n) is 7.31. The SMILES string of the molecule is COC(=O)c1ccc(O[C@H]2CCCc3c(C(F)(F)F)nn(-c4cccc(C(=O)N(C)c5ccc6c(c5)OC(F)(F)O6)c4)c32)cn1. The van der Waals surface area contributed by atoms with Gasteiger partial charge in [0.05, 0.1) is 24.7 Å². The Morgan fingerprint density at radius 1 is 1.07 bits per heavy atom. The number of carbonyl (C=O) groups is 2. The standard InChI is InChI=1S/C30H23F5N4O6/c1-38(17-9-12-22-24(14-17)45-30(34,35)44-22)27(40)16-5-3-6-18(13-16)39-25-20(26(37-39)29(31,32)33)7-4-8-23(25)43-19-10-11-21(36-15-19)28(41)42-2/h3,5-6,9-15,23H,4,7-8H2,1-2H3/t23-/m0/s1. The van der Waals surface area contributed by atoms with E-state index < -0.39 is 36.1 Å². The predicted molar refractivity (Wildman–Crippen MR) is 146 cm³/mol. The Balaban J connectivity index is 1.33. The van der Waals surface area contributed by atoms with Crippen molar-refractivity contribution in [3.63, 3.8) is 0 Å². The molecule has 1 aliphatic heterocycles. The van der Waals surface area contributed by atoms with Crippen molar-refractivity contribution in [1.29, 1.82) is 0 Å². The number of alkyl halides is 5. The predicted octanol–water partition coefficient (Wildman–Crippen LogP) is 6.13. The number of hydrogen-bond donors (Lipinski definition) is 0. The molecule has 10 nitrogen and oxygen atoms in total. The highest BCUT2D eigenvalue weighted by Gasteiger charge is 2.44. The Bertz CT molecular complexity index is 1790. The molecule has 45 heavy (non-hydrogen) atoms. The van der Waals surface area contributed by atoms with Crippen molar-refractivity contribution in [2.75, 3.05) is 19.1 Å². The average Bonchev–Trinajstić information content (AvgIpc) is 3.57. The van der Waals surface area contributed by atoms with Crippen LogP contribution in [0.2, 0.25) is 0 Å². The highest BCUT2D eigenvalue weighted by Crippen LogP contribution is 2.44. The van der Waals surface area contributed by atoms with Gasteiger partial charge in [-0.25, -0.2) is 14.5 Å². The van der Waals surface area contributed by atoms with Gasteiger partial charge in [0.2, 0.25) is 0 Å². The summed E-state index contributed by atoms with van der Waals surface area (Å²) in [7, 11) is 2.62. The van der Waals surface area contributed by atoms with E-state index >= 15 is 0 Å². The topological polar surface area (TPSA) is 105 Å². The number of methoxy groups -OCH3 is 1. The summed E-state index contributed by atoms with van der Waals surface area (Å²) in [5.41, 5.74) is -0.418. The number of rotatable bonds is 6. The number of nitrogens with zero attached hydrogens (tertiary/aromatic N) is 4. The van der Waals surface area contributed by atoms with Gasteiger partial charge in [0.1, 0.15) is 17.5 Å². The minimum atomic E-state index is -4.76. The summed E-state index contributed by atoms with van der Waals surface area (Å²) in [6.07, 6.45) is -7.32. The minimum Gasteiger partial charge on any atom is -0.482 e. The molecule has 1 amide bonds. The molecule has 0 fully saturated rings. The maximum absolute atomic E-state index is 14.2. The highest BCUT2D eigenvalue weighted by atomic mass is 19.4. The Morgan fingerprint density at radius 2 is 1.84 bits per heavy atom. The second-order valence-electron chi connectivity index (χ2n) is 10.2. The second kappa shape index (κ2) is 11.1. The molecule has 15 heteroatoms. The van der Waals surface area contributed by atoms with Crippen molar-refractivity contribution in [1.82, 2.24) is 14.8 Å². The molecule has 2 aromatic carbocycles. The zero-order valence-electron chi connectivity index (χ0n) is 23.6. The smallest absolute Gasteiger partial charge is 0.482 e. The Morgan fingerprint density at radius 3 is 2.56 bits per heavy atom. The van der Waals surface area contributed by atoms with Gasteiger partial charge in [-0.15, -0.1) is 8.78 Å². The van der Waals surface area contributed by atoms with Crippen molar-refractivity contribution < 1.29 is 50.5 Å². The maximum atomic E-state index is 14.2. The van der Waals surface area contributed by atoms with Crippen LogP contribution in [0.4, 0.5) is 27.6 Å². The number of anilines is 1. The Hall–Kier alpha value is -5.21. The highest BCUT2D eigenvalue weighted by molar-refractivity contribution is 6.06. The van der Waals surface area contributed by atoms with Crippen molar-refractivity contribution in [3.8, 4) is 22.9 Å². The second-order valence-corrected chi connectivity index (χ2v) is 10.2. The number of aromatic nitrogens is 3. The summed E-state index contributed by atoms with van der Waals surface area (Å²) in [6.45, 7) is 0. The molecule has 0 saturated carbocycles. The lowest BCUT2D eigenvalue weighted by atomic mass is 9.93. The van der Waals surface area contributed by atoms with Gasteiger partial charge in [-0.05, 0) is 61.7 Å². The number of pyridine rings is 1. The van der Waals surface area contributed by atoms with Crippen LogP contribution in [0.15, 0.2) is 60.8 Å². The lowest BCUT2D eigenvalue weighted by molar-refractivity contribution is -0.286. The largest absolute Gasteiger partial charge is 0.586 e. The van der Waals surface area contributed by atoms with Crippen LogP contribution in [0.3, 0.4) is 0 Å². The lowest BCUT2D eigenvalue weighted by Gasteiger charge is -2.26. The van der Waals surface area contributed by atoms with E-state index in [2.05, 4.69) is 24.3 Å². The van der Waals surface area contributed by atoms with Gasteiger partial charge >= 0.3 is 18.4 Å². The van der Waals surface area contributed by atoms with Crippen LogP contribution in [0, 0.1) is 0 Å². The quantitative estimate of drug-likeness (QED) is 0.185. The summed E-state index contributed by atoms with van der Waals surface area (Å²) in [4.78, 5) is 30.4. The number of ether oxygens (including phenoxy) is 4. The number of carbonyl (C=O) groups excluding carboxylic acids is 2. The van der Waals surface area contributed by atoms with Crippen LogP contribution in [-0.2, 0) is 17.3 Å². The summed E-state index contributed by atoms with van der Waals surface area (Å²) >= 11 is 0. The molecular weight excluding hydrogens is 607 g/mol. The molecule has 3 heterocycles. The number of hydrogen-bond acceptors (Lipinski definition) is 8. The van der Waals surface area contributed by atoms with Crippen molar-refractivity contribution in [2.45, 2.75) is 37.8 Å². The Labute approximate surface area is 251 Å². The van der Waals surface area contributed by atoms with Crippen molar-refractivity contribution in [2.24, 2.45) is 0 Å². The van der Waals surface area contributed by atoms with Crippen LogP contribution in [-0.4, -0.2) is 47.1 Å². The van der Waals surface area contributed by atoms with Crippen LogP contribution < -0.4 is 19.1 Å². The minimum absolute atomic E-state index is 0.0242. The van der Waals surface area contributed by atoms with Gasteiger partial charge in [0.15, 0.2) is 17.2 Å². The first-order valence-electron chi connectivity index (χ1n) is 13.5. The molecule has 0 saturated heterocycles. The summed E-state index contributed by atoms with van der Waals surface area (Å²) in [5, 5.41) is 3.94. The molecule has 0 spiro atoms. The van der Waals surface area contributed by atoms with E-state index in [0.717, 1.165) is 4.68 Å². The molecule has 6 rings (SSSR count). The van der Waals surface area contributed by atoms with E-state index in [1.165, 1.54) is 79.9 Å². The monoisotopic (exact) mass is 630 g/mol. The molecule has 1 atom stereocenters. The molecule has 0 radical (unpaired) electrons. The molecule has 2 aliphatic rings. The number of esters is 1. The normalized spacial score (nSPS) is 16.6. The third kappa shape index (κ3) is 5.72. The maximum Gasteiger partial charge on any atom is 0.586 e. The van der Waals surface area contributed by atoms with Gasteiger partial charge in [0, 0.05) is 29.9 Å². The molecule has 234 valence electrons. The molecule has 0 N–H and O–H groups in total. The Kier molecular flexibility index (Phi) is 7.33. The van der Waals surface area contributed by atoms with Crippen LogP contribution >= 0.6 is 0 Å². The molecule has 0 bridgehead atoms.